The Balaban J connectivity index is 1.43. The van der Waals surface area contributed by atoms with Gasteiger partial charge in [0.2, 0.25) is 0 Å². The Kier molecular flexibility index (Phi) is 7.16. The van der Waals surface area contributed by atoms with Crippen molar-refractivity contribution >= 4 is 11.9 Å². The molecule has 2 N–H and O–H groups in total. The highest BCUT2D eigenvalue weighted by Crippen LogP contribution is 2.79. The van der Waals surface area contributed by atoms with E-state index in [2.05, 4.69) is 5.32 Å². The summed E-state index contributed by atoms with van der Waals surface area (Å²) in [4.78, 5) is 26.9. The Labute approximate surface area is 258 Å². The number of carbonyl (C=O) groups is 2. The molecule has 6 fully saturated rings. The van der Waals surface area contributed by atoms with Gasteiger partial charge in [-0.15, -0.1) is 0 Å². The fourth-order valence-corrected chi connectivity index (χ4v) is 11.8. The molecule has 1 heterocycles. The first-order valence-corrected chi connectivity index (χ1v) is 15.7. The minimum atomic E-state index is -1.51. The molecule has 242 valence electrons. The number of benzene rings is 1. The SMILES string of the molecule is COC[C@@]12CC[C@H](OC)[C@@]34[C@@H]5C[C@@]6(O)[C@@H](OC)C[C@@](OC(C)=O)([C@H]5[C@H]6OC(=O)c5ccc(OC)cc5)[C@@H]([C@H](OC)[C@H]13)[C@H]4NC2. The van der Waals surface area contributed by atoms with E-state index in [-0.39, 0.29) is 47.8 Å². The van der Waals surface area contributed by atoms with E-state index in [4.69, 9.17) is 33.2 Å². The van der Waals surface area contributed by atoms with E-state index in [1.54, 1.807) is 59.8 Å². The number of esters is 2. The second-order valence-electron chi connectivity index (χ2n) is 14.0. The second-order valence-corrected chi connectivity index (χ2v) is 14.0. The van der Waals surface area contributed by atoms with Gasteiger partial charge in [0.15, 0.2) is 0 Å². The number of hydrogen-bond acceptors (Lipinski definition) is 11. The molecule has 6 aliphatic rings. The third-order valence-corrected chi connectivity index (χ3v) is 12.7. The van der Waals surface area contributed by atoms with Gasteiger partial charge in [0, 0.05) is 83.0 Å². The lowest BCUT2D eigenvalue weighted by Crippen LogP contribution is -2.77. The molecule has 7 rings (SSSR count). The van der Waals surface area contributed by atoms with Gasteiger partial charge >= 0.3 is 11.9 Å². The molecule has 0 amide bonds. The number of piperidine rings is 1. The van der Waals surface area contributed by atoms with Crippen LogP contribution in [0, 0.1) is 34.5 Å². The van der Waals surface area contributed by atoms with Crippen LogP contribution >= 0.6 is 0 Å². The zero-order valence-corrected chi connectivity index (χ0v) is 26.4. The molecule has 1 saturated heterocycles. The summed E-state index contributed by atoms with van der Waals surface area (Å²) in [7, 11) is 8.35. The van der Waals surface area contributed by atoms with Gasteiger partial charge in [-0.1, -0.05) is 0 Å². The maximum atomic E-state index is 13.8. The summed E-state index contributed by atoms with van der Waals surface area (Å²) in [6.07, 6.45) is 0.0828. The predicted molar refractivity (Wildman–Crippen MR) is 155 cm³/mol. The molecule has 44 heavy (non-hydrogen) atoms. The lowest BCUT2D eigenvalue weighted by atomic mass is 9.43. The summed E-state index contributed by atoms with van der Waals surface area (Å²) in [5.74, 6) is -1.43. The fourth-order valence-electron chi connectivity index (χ4n) is 11.8. The van der Waals surface area contributed by atoms with Crippen LogP contribution in [0.25, 0.3) is 0 Å². The summed E-state index contributed by atoms with van der Waals surface area (Å²) >= 11 is 0. The minimum Gasteiger partial charge on any atom is -0.497 e. The van der Waals surface area contributed by atoms with Crippen LogP contribution in [0.5, 0.6) is 5.75 Å². The first-order valence-electron chi connectivity index (χ1n) is 15.7. The molecular weight excluding hydrogens is 570 g/mol. The average molecular weight is 616 g/mol. The summed E-state index contributed by atoms with van der Waals surface area (Å²) in [5, 5.41) is 16.6. The molecule has 1 aromatic carbocycles. The third kappa shape index (κ3) is 3.59. The topological polar surface area (TPSA) is 131 Å². The van der Waals surface area contributed by atoms with Gasteiger partial charge < -0.3 is 43.6 Å². The third-order valence-electron chi connectivity index (χ3n) is 12.7. The zero-order chi connectivity index (χ0) is 31.2. The van der Waals surface area contributed by atoms with Crippen molar-refractivity contribution in [1.29, 1.82) is 0 Å². The van der Waals surface area contributed by atoms with E-state index in [0.717, 1.165) is 19.4 Å². The van der Waals surface area contributed by atoms with Gasteiger partial charge in [0.25, 0.3) is 0 Å². The first-order chi connectivity index (χ1) is 21.1. The van der Waals surface area contributed by atoms with Gasteiger partial charge in [-0.2, -0.15) is 0 Å². The normalized spacial score (nSPS) is 47.7. The van der Waals surface area contributed by atoms with E-state index in [0.29, 0.717) is 24.3 Å². The standard InChI is InChI=1S/C33H45NO10/c1-17(35)44-32-14-22(41-5)31(37)13-20(23(32)28(31)43-29(36)18-7-9-19(39-3)10-8-18)33-21(40-4)11-12-30(16-38-2)15-34-27(33)24(32)25(42-6)26(30)33/h7-10,20-28,34,37H,11-16H2,1-6H3/t20-,21+,22+,23-,24+,25+,26-,27-,28-,30+,31-,32-,33+/m1/s1. The van der Waals surface area contributed by atoms with Crippen molar-refractivity contribution in [2.45, 2.75) is 74.3 Å². The van der Waals surface area contributed by atoms with Crippen LogP contribution in [0.2, 0.25) is 0 Å². The Bertz CT molecular complexity index is 1310. The quantitative estimate of drug-likeness (QED) is 0.396. The van der Waals surface area contributed by atoms with Crippen LogP contribution in [0.15, 0.2) is 24.3 Å². The molecule has 5 saturated carbocycles. The van der Waals surface area contributed by atoms with Crippen molar-refractivity contribution in [3.63, 3.8) is 0 Å². The monoisotopic (exact) mass is 615 g/mol. The lowest BCUT2D eigenvalue weighted by molar-refractivity contribution is -0.271. The summed E-state index contributed by atoms with van der Waals surface area (Å²) in [5.41, 5.74) is -3.05. The Morgan fingerprint density at radius 3 is 2.32 bits per heavy atom. The summed E-state index contributed by atoms with van der Waals surface area (Å²) in [6.45, 7) is 2.70. The number of nitrogens with one attached hydrogen (secondary N) is 1. The fraction of sp³-hybridized carbons (Fsp3) is 0.758. The Morgan fingerprint density at radius 1 is 0.977 bits per heavy atom. The van der Waals surface area contributed by atoms with E-state index in [1.165, 1.54) is 6.92 Å². The predicted octanol–water partition coefficient (Wildman–Crippen LogP) is 1.98. The first kappa shape index (κ1) is 30.4. The molecule has 11 heteroatoms. The van der Waals surface area contributed by atoms with Crippen LogP contribution in [0.3, 0.4) is 0 Å². The molecule has 0 aromatic heterocycles. The number of rotatable bonds is 9. The van der Waals surface area contributed by atoms with Gasteiger partial charge in [-0.05, 0) is 49.4 Å². The number of carbonyl (C=O) groups excluding carboxylic acids is 2. The van der Waals surface area contributed by atoms with Crippen molar-refractivity contribution in [3.05, 3.63) is 29.8 Å². The highest BCUT2D eigenvalue weighted by Gasteiger charge is 2.89. The van der Waals surface area contributed by atoms with Crippen molar-refractivity contribution < 1.29 is 47.9 Å². The molecule has 13 atom stereocenters. The van der Waals surface area contributed by atoms with Gasteiger partial charge in [0.1, 0.15) is 23.1 Å². The van der Waals surface area contributed by atoms with Gasteiger partial charge in [-0.25, -0.2) is 4.79 Å². The Hall–Kier alpha value is -2.28. The largest absolute Gasteiger partial charge is 0.497 e. The number of methoxy groups -OCH3 is 5. The molecule has 0 radical (unpaired) electrons. The maximum Gasteiger partial charge on any atom is 0.338 e. The van der Waals surface area contributed by atoms with Crippen LogP contribution in [0.1, 0.15) is 43.0 Å². The van der Waals surface area contributed by atoms with Crippen LogP contribution < -0.4 is 10.1 Å². The lowest BCUT2D eigenvalue weighted by Gasteiger charge is -2.67. The highest BCUT2D eigenvalue weighted by molar-refractivity contribution is 5.89. The minimum absolute atomic E-state index is 0.000724. The Morgan fingerprint density at radius 2 is 1.70 bits per heavy atom. The van der Waals surface area contributed by atoms with Crippen LogP contribution in [-0.4, -0.2) is 107 Å². The number of hydrogen-bond donors (Lipinski definition) is 2. The highest BCUT2D eigenvalue weighted by atomic mass is 16.6. The smallest absolute Gasteiger partial charge is 0.338 e. The van der Waals surface area contributed by atoms with E-state index < -0.39 is 46.7 Å². The van der Waals surface area contributed by atoms with Crippen LogP contribution in [-0.2, 0) is 33.2 Å². The maximum absolute atomic E-state index is 13.8. The molecule has 1 aliphatic heterocycles. The average Bonchev–Trinajstić information content (AvgIpc) is 3.36. The second kappa shape index (κ2) is 10.4. The van der Waals surface area contributed by atoms with E-state index in [9.17, 15) is 14.7 Å². The number of aliphatic hydroxyl groups is 1. The molecule has 7 bridgehead atoms. The van der Waals surface area contributed by atoms with E-state index in [1.807, 2.05) is 0 Å². The molecule has 0 unspecified atom stereocenters. The van der Waals surface area contributed by atoms with Crippen molar-refractivity contribution in [2.75, 3.05) is 48.7 Å². The number of ether oxygens (including phenoxy) is 7. The molecule has 1 spiro atoms. The van der Waals surface area contributed by atoms with E-state index >= 15 is 0 Å². The van der Waals surface area contributed by atoms with Gasteiger partial charge in [-0.3, -0.25) is 4.79 Å². The summed E-state index contributed by atoms with van der Waals surface area (Å²) < 4.78 is 43.0. The van der Waals surface area contributed by atoms with Crippen molar-refractivity contribution in [3.8, 4) is 5.75 Å². The molecule has 5 aliphatic carbocycles. The summed E-state index contributed by atoms with van der Waals surface area (Å²) in [6, 6.07) is 6.56. The zero-order valence-electron chi connectivity index (χ0n) is 26.4. The molecular formula is C33H45NO10. The van der Waals surface area contributed by atoms with Gasteiger partial charge in [0.05, 0.1) is 37.6 Å². The van der Waals surface area contributed by atoms with Crippen molar-refractivity contribution in [1.82, 2.24) is 5.32 Å². The molecule has 1 aromatic rings. The van der Waals surface area contributed by atoms with Crippen LogP contribution in [0.4, 0.5) is 0 Å². The molecule has 11 nitrogen and oxygen atoms in total. The number of fused-ring (bicyclic) bond motifs is 2. The van der Waals surface area contributed by atoms with Crippen molar-refractivity contribution in [2.24, 2.45) is 34.5 Å².